The lowest BCUT2D eigenvalue weighted by Crippen LogP contribution is -2.32. The zero-order valence-electron chi connectivity index (χ0n) is 22.7. The molecule has 0 atom stereocenters. The fourth-order valence-corrected chi connectivity index (χ4v) is 5.52. The van der Waals surface area contributed by atoms with Crippen molar-refractivity contribution in [3.05, 3.63) is 107 Å². The third-order valence-electron chi connectivity index (χ3n) is 6.46. The lowest BCUT2D eigenvalue weighted by Gasteiger charge is -2.18. The van der Waals surface area contributed by atoms with E-state index in [0.717, 1.165) is 22.2 Å². The number of aliphatic imine (C=N–C) groups is 1. The Morgan fingerprint density at radius 1 is 0.949 bits per heavy atom. The Bertz CT molecular complexity index is 1550. The molecule has 1 saturated heterocycles. The van der Waals surface area contributed by atoms with Crippen LogP contribution in [0.2, 0.25) is 0 Å². The predicted octanol–water partition coefficient (Wildman–Crippen LogP) is 8.00. The van der Waals surface area contributed by atoms with Gasteiger partial charge in [-0.15, -0.1) is 0 Å². The molecule has 0 aromatic heterocycles. The Morgan fingerprint density at radius 3 is 2.46 bits per heavy atom. The molecule has 4 aromatic rings. The van der Waals surface area contributed by atoms with Crippen LogP contribution >= 0.6 is 11.8 Å². The monoisotopic (exact) mass is 536 g/mol. The molecule has 5 rings (SSSR count). The molecule has 0 aliphatic carbocycles. The maximum absolute atomic E-state index is 13.6. The van der Waals surface area contributed by atoms with Gasteiger partial charge in [0, 0.05) is 12.1 Å². The van der Waals surface area contributed by atoms with E-state index in [4.69, 9.17) is 14.5 Å². The summed E-state index contributed by atoms with van der Waals surface area (Å²) in [5.74, 6) is 1.47. The van der Waals surface area contributed by atoms with Gasteiger partial charge in [0.1, 0.15) is 6.61 Å². The Labute approximate surface area is 234 Å². The van der Waals surface area contributed by atoms with Crippen LogP contribution in [-0.4, -0.2) is 29.6 Å². The molecule has 0 saturated carbocycles. The minimum Gasteiger partial charge on any atom is -0.493 e. The summed E-state index contributed by atoms with van der Waals surface area (Å²) in [6.07, 6.45) is 1.89. The average Bonchev–Trinajstić information content (AvgIpc) is 3.21. The molecular weight excluding hydrogens is 504 g/mol. The number of carbonyl (C=O) groups is 1. The van der Waals surface area contributed by atoms with Crippen LogP contribution in [0.1, 0.15) is 30.5 Å². The number of aryl methyl sites for hydroxylation is 1. The van der Waals surface area contributed by atoms with Gasteiger partial charge in [-0.25, -0.2) is 4.99 Å². The molecule has 0 spiro atoms. The smallest absolute Gasteiger partial charge is 0.266 e. The number of nitrogens with zero attached hydrogens (tertiary/aromatic N) is 2. The Balaban J connectivity index is 1.48. The normalized spacial score (nSPS) is 15.6. The number of amidine groups is 1. The standard InChI is InChI=1S/C33H32N2O3S/c1-22(2)20-35-32(36)30(39-33(35)34-27-17-15-23(3)16-18-27)19-25-11-8-14-29(37-4)31(25)38-21-26-12-7-10-24-9-5-6-13-28(24)26/h5-19,22H,20-21H2,1-4H3/b30-19+,34-33?. The summed E-state index contributed by atoms with van der Waals surface area (Å²) in [7, 11) is 1.63. The summed E-state index contributed by atoms with van der Waals surface area (Å²) < 4.78 is 12.0. The van der Waals surface area contributed by atoms with Gasteiger partial charge in [0.15, 0.2) is 16.7 Å². The van der Waals surface area contributed by atoms with E-state index < -0.39 is 0 Å². The van der Waals surface area contributed by atoms with Crippen molar-refractivity contribution in [2.45, 2.75) is 27.4 Å². The van der Waals surface area contributed by atoms with Gasteiger partial charge < -0.3 is 9.47 Å². The van der Waals surface area contributed by atoms with Crippen molar-refractivity contribution in [3.63, 3.8) is 0 Å². The molecule has 0 radical (unpaired) electrons. The van der Waals surface area contributed by atoms with E-state index in [-0.39, 0.29) is 5.91 Å². The highest BCUT2D eigenvalue weighted by Gasteiger charge is 2.34. The zero-order valence-corrected chi connectivity index (χ0v) is 23.5. The number of rotatable bonds is 8. The molecule has 1 fully saturated rings. The average molecular weight is 537 g/mol. The Morgan fingerprint density at radius 2 is 1.69 bits per heavy atom. The first-order valence-corrected chi connectivity index (χ1v) is 13.9. The van der Waals surface area contributed by atoms with Gasteiger partial charge in [0.05, 0.1) is 17.7 Å². The summed E-state index contributed by atoms with van der Waals surface area (Å²) >= 11 is 1.39. The summed E-state index contributed by atoms with van der Waals surface area (Å²) in [5.41, 5.74) is 3.86. The molecule has 0 N–H and O–H groups in total. The molecule has 6 heteroatoms. The van der Waals surface area contributed by atoms with Gasteiger partial charge in [-0.2, -0.15) is 0 Å². The number of benzene rings is 4. The van der Waals surface area contributed by atoms with Crippen LogP contribution in [0.25, 0.3) is 16.8 Å². The molecule has 198 valence electrons. The molecule has 1 aliphatic rings. The van der Waals surface area contributed by atoms with Crippen molar-refractivity contribution in [1.29, 1.82) is 0 Å². The minimum atomic E-state index is -0.0533. The van der Waals surface area contributed by atoms with Crippen molar-refractivity contribution in [2.75, 3.05) is 13.7 Å². The second-order valence-electron chi connectivity index (χ2n) is 9.96. The van der Waals surface area contributed by atoms with E-state index in [1.54, 1.807) is 12.0 Å². The molecule has 0 bridgehead atoms. The van der Waals surface area contributed by atoms with E-state index in [0.29, 0.717) is 40.6 Å². The molecule has 1 amide bonds. The molecule has 0 unspecified atom stereocenters. The quantitative estimate of drug-likeness (QED) is 0.214. The number of hydrogen-bond acceptors (Lipinski definition) is 5. The third kappa shape index (κ3) is 6.02. The van der Waals surface area contributed by atoms with Crippen molar-refractivity contribution < 1.29 is 14.3 Å². The van der Waals surface area contributed by atoms with Crippen LogP contribution in [0.5, 0.6) is 11.5 Å². The lowest BCUT2D eigenvalue weighted by atomic mass is 10.1. The van der Waals surface area contributed by atoms with E-state index in [2.05, 4.69) is 38.1 Å². The van der Waals surface area contributed by atoms with Gasteiger partial charge in [-0.1, -0.05) is 86.1 Å². The number of hydrogen-bond donors (Lipinski definition) is 0. The van der Waals surface area contributed by atoms with Gasteiger partial charge in [0.2, 0.25) is 0 Å². The van der Waals surface area contributed by atoms with E-state index >= 15 is 0 Å². The van der Waals surface area contributed by atoms with Crippen LogP contribution in [0.4, 0.5) is 5.69 Å². The maximum atomic E-state index is 13.6. The summed E-state index contributed by atoms with van der Waals surface area (Å²) in [6.45, 7) is 7.22. The number of fused-ring (bicyclic) bond motifs is 1. The van der Waals surface area contributed by atoms with E-state index in [1.165, 1.54) is 22.7 Å². The second-order valence-corrected chi connectivity index (χ2v) is 11.0. The van der Waals surface area contributed by atoms with Crippen molar-refractivity contribution in [1.82, 2.24) is 4.90 Å². The fourth-order valence-electron chi connectivity index (χ4n) is 4.52. The summed E-state index contributed by atoms with van der Waals surface area (Å²) in [6, 6.07) is 28.2. The molecule has 4 aromatic carbocycles. The van der Waals surface area contributed by atoms with Gasteiger partial charge in [-0.3, -0.25) is 9.69 Å². The first kappa shape index (κ1) is 26.6. The Kier molecular flexibility index (Phi) is 8.03. The molecule has 1 aliphatic heterocycles. The molecule has 1 heterocycles. The third-order valence-corrected chi connectivity index (χ3v) is 7.47. The first-order chi connectivity index (χ1) is 18.9. The highest BCUT2D eigenvalue weighted by molar-refractivity contribution is 8.18. The minimum absolute atomic E-state index is 0.0533. The van der Waals surface area contributed by atoms with E-state index in [9.17, 15) is 4.79 Å². The fraction of sp³-hybridized carbons (Fsp3) is 0.212. The maximum Gasteiger partial charge on any atom is 0.266 e. The molecule has 39 heavy (non-hydrogen) atoms. The highest BCUT2D eigenvalue weighted by atomic mass is 32.2. The summed E-state index contributed by atoms with van der Waals surface area (Å²) in [5, 5.41) is 3.00. The van der Waals surface area contributed by atoms with Crippen LogP contribution in [0, 0.1) is 12.8 Å². The molecule has 5 nitrogen and oxygen atoms in total. The van der Waals surface area contributed by atoms with Crippen molar-refractivity contribution >= 4 is 45.4 Å². The van der Waals surface area contributed by atoms with Crippen LogP contribution in [0.3, 0.4) is 0 Å². The van der Waals surface area contributed by atoms with Gasteiger partial charge >= 0.3 is 0 Å². The highest BCUT2D eigenvalue weighted by Crippen LogP contribution is 2.39. The number of amides is 1. The topological polar surface area (TPSA) is 51.1 Å². The largest absolute Gasteiger partial charge is 0.493 e. The van der Waals surface area contributed by atoms with Gasteiger partial charge in [-0.05, 0) is 65.2 Å². The number of ether oxygens (including phenoxy) is 2. The predicted molar refractivity (Wildman–Crippen MR) is 162 cm³/mol. The molecular formula is C33H32N2O3S. The van der Waals surface area contributed by atoms with E-state index in [1.807, 2.05) is 73.7 Å². The van der Waals surface area contributed by atoms with Crippen LogP contribution < -0.4 is 9.47 Å². The number of para-hydroxylation sites is 1. The number of methoxy groups -OCH3 is 1. The number of carbonyl (C=O) groups excluding carboxylic acids is 1. The van der Waals surface area contributed by atoms with Crippen LogP contribution in [-0.2, 0) is 11.4 Å². The SMILES string of the molecule is COc1cccc(/C=C2/SC(=Nc3ccc(C)cc3)N(CC(C)C)C2=O)c1OCc1cccc2ccccc12. The van der Waals surface area contributed by atoms with Crippen LogP contribution in [0.15, 0.2) is 94.8 Å². The lowest BCUT2D eigenvalue weighted by molar-refractivity contribution is -0.122. The van der Waals surface area contributed by atoms with Gasteiger partial charge in [0.25, 0.3) is 5.91 Å². The zero-order chi connectivity index (χ0) is 27.4. The van der Waals surface area contributed by atoms with Crippen molar-refractivity contribution in [3.8, 4) is 11.5 Å². The first-order valence-electron chi connectivity index (χ1n) is 13.1. The Hall–Kier alpha value is -4.03. The summed E-state index contributed by atoms with van der Waals surface area (Å²) in [4.78, 5) is 20.8. The number of thioether (sulfide) groups is 1. The second kappa shape index (κ2) is 11.8. The van der Waals surface area contributed by atoms with Crippen molar-refractivity contribution in [2.24, 2.45) is 10.9 Å².